The molecule has 1 atom stereocenters. The molecule has 2 aliphatic rings. The van der Waals surface area contributed by atoms with Crippen LogP contribution in [0.25, 0.3) is 11.4 Å². The molecule has 0 aliphatic carbocycles. The number of tetrazole rings is 1. The lowest BCUT2D eigenvalue weighted by atomic mass is 9.88. The third-order valence-corrected chi connectivity index (χ3v) is 7.42. The number of benzene rings is 2. The highest BCUT2D eigenvalue weighted by atomic mass is 35.5. The number of hydrogen-bond acceptors (Lipinski definition) is 8. The van der Waals surface area contributed by atoms with Crippen LogP contribution < -0.4 is 14.2 Å². The van der Waals surface area contributed by atoms with Gasteiger partial charge in [0.1, 0.15) is 11.6 Å². The topological polar surface area (TPSA) is 98.3 Å². The number of methoxy groups -OCH3 is 1. The molecule has 38 heavy (non-hydrogen) atoms. The lowest BCUT2D eigenvalue weighted by molar-refractivity contribution is -0.0712. The predicted molar refractivity (Wildman–Crippen MR) is 138 cm³/mol. The van der Waals surface area contributed by atoms with Gasteiger partial charge in [0, 0.05) is 35.8 Å². The summed E-state index contributed by atoms with van der Waals surface area (Å²) in [6, 6.07) is 12.3. The summed E-state index contributed by atoms with van der Waals surface area (Å²) in [5.74, 6) is 1.04. The molecule has 0 amide bonds. The molecule has 0 saturated carbocycles. The van der Waals surface area contributed by atoms with Crippen molar-refractivity contribution in [3.63, 3.8) is 0 Å². The van der Waals surface area contributed by atoms with E-state index in [4.69, 9.17) is 25.8 Å². The standard InChI is InChI=1S/C27H26ClFN6O3/c1-27(20-7-6-18(28)13-21(20)29)37-23-5-3-4-19(25(23)38-27)16-8-10-35(11-9-16)15-22-24(36-2)12-17(14-30-22)26-31-33-34-32-26/h3-7,12-14,16H,8-11,15H2,1-2H3,(H,31,32,33,34)/t27-/m0/s1. The van der Waals surface area contributed by atoms with Gasteiger partial charge in [-0.3, -0.25) is 9.88 Å². The highest BCUT2D eigenvalue weighted by Gasteiger charge is 2.43. The van der Waals surface area contributed by atoms with Crippen LogP contribution in [0.1, 0.15) is 42.5 Å². The van der Waals surface area contributed by atoms with Gasteiger partial charge in [-0.05, 0) is 67.4 Å². The quantitative estimate of drug-likeness (QED) is 0.364. The molecule has 9 nitrogen and oxygen atoms in total. The zero-order valence-corrected chi connectivity index (χ0v) is 21.7. The van der Waals surface area contributed by atoms with Gasteiger partial charge in [-0.1, -0.05) is 23.7 Å². The molecule has 0 unspecified atom stereocenters. The largest absolute Gasteiger partial charge is 0.495 e. The predicted octanol–water partition coefficient (Wildman–Crippen LogP) is 5.09. The first-order valence-corrected chi connectivity index (χ1v) is 12.8. The molecule has 0 radical (unpaired) electrons. The lowest BCUT2D eigenvalue weighted by Gasteiger charge is -2.32. The zero-order chi connectivity index (χ0) is 26.3. The van der Waals surface area contributed by atoms with Crippen molar-refractivity contribution >= 4 is 11.6 Å². The van der Waals surface area contributed by atoms with E-state index in [0.29, 0.717) is 40.2 Å². The Morgan fingerprint density at radius 2 is 2.03 bits per heavy atom. The molecule has 4 aromatic rings. The highest BCUT2D eigenvalue weighted by molar-refractivity contribution is 6.30. The summed E-state index contributed by atoms with van der Waals surface area (Å²) in [5, 5.41) is 14.4. The molecule has 2 aromatic carbocycles. The Balaban J connectivity index is 1.15. The zero-order valence-electron chi connectivity index (χ0n) is 20.9. The molecular weight excluding hydrogens is 511 g/mol. The molecule has 1 N–H and O–H groups in total. The van der Waals surface area contributed by atoms with E-state index in [9.17, 15) is 4.39 Å². The van der Waals surface area contributed by atoms with Gasteiger partial charge in [-0.15, -0.1) is 10.2 Å². The van der Waals surface area contributed by atoms with Gasteiger partial charge in [0.25, 0.3) is 5.79 Å². The van der Waals surface area contributed by atoms with Gasteiger partial charge in [0.15, 0.2) is 11.5 Å². The first kappa shape index (κ1) is 24.6. The molecule has 196 valence electrons. The van der Waals surface area contributed by atoms with Crippen molar-refractivity contribution in [2.45, 2.75) is 38.0 Å². The van der Waals surface area contributed by atoms with Crippen LogP contribution >= 0.6 is 11.6 Å². The van der Waals surface area contributed by atoms with Crippen molar-refractivity contribution < 1.29 is 18.6 Å². The van der Waals surface area contributed by atoms with E-state index in [0.717, 1.165) is 42.8 Å². The second-order valence-corrected chi connectivity index (χ2v) is 10.0. The average molecular weight is 537 g/mol. The van der Waals surface area contributed by atoms with Crippen molar-refractivity contribution in [3.05, 3.63) is 76.3 Å². The van der Waals surface area contributed by atoms with Crippen molar-refractivity contribution in [2.24, 2.45) is 0 Å². The van der Waals surface area contributed by atoms with Gasteiger partial charge in [-0.25, -0.2) is 4.39 Å². The fourth-order valence-corrected chi connectivity index (χ4v) is 5.38. The van der Waals surface area contributed by atoms with E-state index >= 15 is 0 Å². The molecule has 2 aliphatic heterocycles. The van der Waals surface area contributed by atoms with Crippen LogP contribution in [-0.2, 0) is 12.3 Å². The Kier molecular flexibility index (Phi) is 6.37. The number of aromatic amines is 1. The van der Waals surface area contributed by atoms with E-state index in [1.54, 1.807) is 32.4 Å². The maximum atomic E-state index is 14.7. The highest BCUT2D eigenvalue weighted by Crippen LogP contribution is 2.49. The average Bonchev–Trinajstić information content (AvgIpc) is 3.57. The van der Waals surface area contributed by atoms with Crippen LogP contribution in [-0.4, -0.2) is 50.7 Å². The van der Waals surface area contributed by atoms with Gasteiger partial charge in [0.05, 0.1) is 18.4 Å². The summed E-state index contributed by atoms with van der Waals surface area (Å²) in [5.41, 5.74) is 2.99. The Hall–Kier alpha value is -3.76. The van der Waals surface area contributed by atoms with E-state index in [2.05, 4.69) is 36.6 Å². The third-order valence-electron chi connectivity index (χ3n) is 7.19. The number of H-pyrrole nitrogens is 1. The Morgan fingerprint density at radius 3 is 2.76 bits per heavy atom. The van der Waals surface area contributed by atoms with Crippen molar-refractivity contribution in [1.82, 2.24) is 30.5 Å². The molecule has 11 heteroatoms. The van der Waals surface area contributed by atoms with Crippen LogP contribution in [0, 0.1) is 5.82 Å². The van der Waals surface area contributed by atoms with Crippen molar-refractivity contribution in [3.8, 4) is 28.6 Å². The number of halogens is 2. The number of fused-ring (bicyclic) bond motifs is 1. The van der Waals surface area contributed by atoms with Crippen LogP contribution in [0.15, 0.2) is 48.7 Å². The minimum atomic E-state index is -1.26. The normalized spacial score (nSPS) is 19.6. The minimum absolute atomic E-state index is 0.290. The molecule has 0 bridgehead atoms. The molecule has 6 rings (SSSR count). The number of nitrogens with zero attached hydrogens (tertiary/aromatic N) is 5. The second-order valence-electron chi connectivity index (χ2n) is 9.61. The van der Waals surface area contributed by atoms with Crippen LogP contribution in [0.2, 0.25) is 5.02 Å². The summed E-state index contributed by atoms with van der Waals surface area (Å²) >= 11 is 5.95. The van der Waals surface area contributed by atoms with Crippen LogP contribution in [0.5, 0.6) is 17.2 Å². The van der Waals surface area contributed by atoms with Crippen LogP contribution in [0.4, 0.5) is 4.39 Å². The SMILES string of the molecule is COc1cc(-c2nn[nH]n2)cnc1CN1CCC(c2cccc3c2O[C@@](C)(c2ccc(Cl)cc2F)O3)CC1. The summed E-state index contributed by atoms with van der Waals surface area (Å²) < 4.78 is 32.8. The second kappa shape index (κ2) is 9.85. The number of hydrogen-bond donors (Lipinski definition) is 1. The number of nitrogens with one attached hydrogen (secondary N) is 1. The summed E-state index contributed by atoms with van der Waals surface area (Å²) in [7, 11) is 1.63. The first-order valence-electron chi connectivity index (χ1n) is 12.4. The van der Waals surface area contributed by atoms with Crippen molar-refractivity contribution in [1.29, 1.82) is 0 Å². The lowest BCUT2D eigenvalue weighted by Crippen LogP contribution is -2.34. The van der Waals surface area contributed by atoms with Gasteiger partial charge in [-0.2, -0.15) is 5.21 Å². The number of aromatic nitrogens is 5. The fourth-order valence-electron chi connectivity index (χ4n) is 5.23. The molecule has 1 fully saturated rings. The van der Waals surface area contributed by atoms with E-state index in [-0.39, 0.29) is 5.92 Å². The Morgan fingerprint density at radius 1 is 1.18 bits per heavy atom. The van der Waals surface area contributed by atoms with Crippen LogP contribution in [0.3, 0.4) is 0 Å². The monoisotopic (exact) mass is 536 g/mol. The van der Waals surface area contributed by atoms with E-state index < -0.39 is 11.6 Å². The summed E-state index contributed by atoms with van der Waals surface area (Å²) in [6.45, 7) is 4.17. The number of ether oxygens (including phenoxy) is 3. The summed E-state index contributed by atoms with van der Waals surface area (Å²) in [4.78, 5) is 6.98. The molecular formula is C27H26ClFN6O3. The number of likely N-dealkylation sites (tertiary alicyclic amines) is 1. The Labute approximate surface area is 223 Å². The van der Waals surface area contributed by atoms with E-state index in [1.165, 1.54) is 6.07 Å². The Bertz CT molecular complexity index is 1460. The number of piperidine rings is 1. The van der Waals surface area contributed by atoms with Gasteiger partial charge in [0.2, 0.25) is 5.82 Å². The van der Waals surface area contributed by atoms with E-state index in [1.807, 2.05) is 18.2 Å². The van der Waals surface area contributed by atoms with Gasteiger partial charge >= 0.3 is 0 Å². The number of rotatable bonds is 6. The maximum Gasteiger partial charge on any atom is 0.278 e. The first-order chi connectivity index (χ1) is 18.4. The minimum Gasteiger partial charge on any atom is -0.495 e. The maximum absolute atomic E-state index is 14.7. The number of para-hydroxylation sites is 1. The molecule has 2 aromatic heterocycles. The van der Waals surface area contributed by atoms with Crippen molar-refractivity contribution in [2.75, 3.05) is 20.2 Å². The molecule has 4 heterocycles. The molecule has 1 saturated heterocycles. The van der Waals surface area contributed by atoms with Gasteiger partial charge < -0.3 is 14.2 Å². The summed E-state index contributed by atoms with van der Waals surface area (Å²) in [6.07, 6.45) is 3.62. The smallest absolute Gasteiger partial charge is 0.278 e. The third kappa shape index (κ3) is 4.54. The molecule has 0 spiro atoms. The fraction of sp³-hybridized carbons (Fsp3) is 0.333. The number of pyridine rings is 1.